The predicted molar refractivity (Wildman–Crippen MR) is 103 cm³/mol. The normalized spacial score (nSPS) is 13.2. The van der Waals surface area contributed by atoms with Crippen molar-refractivity contribution in [3.63, 3.8) is 0 Å². The molecule has 0 aliphatic carbocycles. The number of ether oxygens (including phenoxy) is 3. The second kappa shape index (κ2) is 7.69. The van der Waals surface area contributed by atoms with Crippen molar-refractivity contribution in [3.8, 4) is 17.2 Å². The molecule has 1 aliphatic rings. The molecule has 0 saturated heterocycles. The van der Waals surface area contributed by atoms with Gasteiger partial charge in [-0.3, -0.25) is 4.79 Å². The van der Waals surface area contributed by atoms with Gasteiger partial charge in [0.15, 0.2) is 18.1 Å². The van der Waals surface area contributed by atoms with Crippen molar-refractivity contribution in [1.82, 2.24) is 4.72 Å². The fourth-order valence-electron chi connectivity index (χ4n) is 2.50. The van der Waals surface area contributed by atoms with Gasteiger partial charge in [0.2, 0.25) is 16.8 Å². The van der Waals surface area contributed by atoms with Crippen LogP contribution in [0.5, 0.6) is 17.2 Å². The first-order valence-corrected chi connectivity index (χ1v) is 10.1. The smallest absolute Gasteiger partial charge is 0.262 e. The van der Waals surface area contributed by atoms with Crippen molar-refractivity contribution in [1.29, 1.82) is 0 Å². The van der Waals surface area contributed by atoms with E-state index in [1.165, 1.54) is 24.3 Å². The highest BCUT2D eigenvalue weighted by molar-refractivity contribution is 7.89. The number of nitrogens with one attached hydrogen (secondary N) is 2. The molecule has 0 atom stereocenters. The predicted octanol–water partition coefficient (Wildman–Crippen LogP) is 2.51. The van der Waals surface area contributed by atoms with Crippen LogP contribution in [0.4, 0.5) is 5.69 Å². The van der Waals surface area contributed by atoms with E-state index in [1.807, 2.05) is 0 Å². The van der Waals surface area contributed by atoms with Crippen LogP contribution in [0.3, 0.4) is 0 Å². The fraction of sp³-hybridized carbons (Fsp3) is 0.316. The molecule has 0 bridgehead atoms. The third-order valence-corrected chi connectivity index (χ3v) is 5.37. The Balaban J connectivity index is 1.55. The Hall–Kier alpha value is -2.78. The van der Waals surface area contributed by atoms with Crippen molar-refractivity contribution >= 4 is 21.6 Å². The number of hydrogen-bond donors (Lipinski definition) is 2. The van der Waals surface area contributed by atoms with Crippen LogP contribution in [0.25, 0.3) is 0 Å². The lowest BCUT2D eigenvalue weighted by molar-refractivity contribution is -0.118. The maximum atomic E-state index is 12.3. The van der Waals surface area contributed by atoms with Gasteiger partial charge in [-0.2, -0.15) is 0 Å². The van der Waals surface area contributed by atoms with E-state index in [4.69, 9.17) is 14.2 Å². The van der Waals surface area contributed by atoms with Crippen molar-refractivity contribution in [2.24, 2.45) is 0 Å². The molecule has 1 amide bonds. The van der Waals surface area contributed by atoms with Gasteiger partial charge >= 0.3 is 0 Å². The summed E-state index contributed by atoms with van der Waals surface area (Å²) >= 11 is 0. The minimum absolute atomic E-state index is 0.125. The van der Waals surface area contributed by atoms with E-state index in [1.54, 1.807) is 39.0 Å². The first-order chi connectivity index (χ1) is 13.1. The summed E-state index contributed by atoms with van der Waals surface area (Å²) in [5.74, 6) is 1.23. The maximum absolute atomic E-state index is 12.3. The molecule has 1 heterocycles. The summed E-state index contributed by atoms with van der Waals surface area (Å²) < 4.78 is 43.0. The standard InChI is InChI=1S/C19H22N2O6S/c1-19(2,3)21-28(23,24)15-7-5-14(6-8-15)25-11-18(22)20-13-4-9-16-17(10-13)27-12-26-16/h4-10,21H,11-12H2,1-3H3,(H,20,22). The average molecular weight is 406 g/mol. The summed E-state index contributed by atoms with van der Waals surface area (Å²) in [6.45, 7) is 5.23. The van der Waals surface area contributed by atoms with Crippen LogP contribution in [0.1, 0.15) is 20.8 Å². The SMILES string of the molecule is CC(C)(C)NS(=O)(=O)c1ccc(OCC(=O)Nc2ccc3c(c2)OCO3)cc1. The topological polar surface area (TPSA) is 103 Å². The Morgan fingerprint density at radius 3 is 2.43 bits per heavy atom. The lowest BCUT2D eigenvalue weighted by Gasteiger charge is -2.20. The van der Waals surface area contributed by atoms with Gasteiger partial charge in [-0.1, -0.05) is 0 Å². The minimum atomic E-state index is -3.62. The van der Waals surface area contributed by atoms with Gasteiger partial charge in [-0.15, -0.1) is 0 Å². The monoisotopic (exact) mass is 406 g/mol. The van der Waals surface area contributed by atoms with Gasteiger partial charge in [0, 0.05) is 17.3 Å². The zero-order valence-corrected chi connectivity index (χ0v) is 16.6. The molecular weight excluding hydrogens is 384 g/mol. The molecule has 0 aromatic heterocycles. The van der Waals surface area contributed by atoms with Crippen LogP contribution < -0.4 is 24.2 Å². The maximum Gasteiger partial charge on any atom is 0.262 e. The molecule has 2 aromatic carbocycles. The van der Waals surface area contributed by atoms with Crippen LogP contribution >= 0.6 is 0 Å². The van der Waals surface area contributed by atoms with Gasteiger partial charge in [0.05, 0.1) is 4.90 Å². The zero-order valence-electron chi connectivity index (χ0n) is 15.8. The Bertz CT molecular complexity index is 965. The molecule has 2 aromatic rings. The van der Waals surface area contributed by atoms with Crippen LogP contribution in [0.15, 0.2) is 47.4 Å². The molecule has 2 N–H and O–H groups in total. The molecule has 0 saturated carbocycles. The molecule has 1 aliphatic heterocycles. The Morgan fingerprint density at radius 2 is 1.75 bits per heavy atom. The number of amides is 1. The van der Waals surface area contributed by atoms with E-state index in [0.717, 1.165) is 0 Å². The van der Waals surface area contributed by atoms with Crippen molar-refractivity contribution in [2.75, 3.05) is 18.7 Å². The van der Waals surface area contributed by atoms with Crippen LogP contribution in [0, 0.1) is 0 Å². The number of anilines is 1. The van der Waals surface area contributed by atoms with E-state index >= 15 is 0 Å². The third-order valence-electron chi connectivity index (χ3n) is 3.60. The molecular formula is C19H22N2O6S. The van der Waals surface area contributed by atoms with Gasteiger partial charge in [0.1, 0.15) is 5.75 Å². The van der Waals surface area contributed by atoms with E-state index in [0.29, 0.717) is 22.9 Å². The second-order valence-corrected chi connectivity index (χ2v) is 8.91. The van der Waals surface area contributed by atoms with Crippen molar-refractivity contribution in [3.05, 3.63) is 42.5 Å². The Labute approximate surface area is 163 Å². The Kier molecular flexibility index (Phi) is 5.48. The Morgan fingerprint density at radius 1 is 1.07 bits per heavy atom. The van der Waals surface area contributed by atoms with Gasteiger partial charge in [-0.25, -0.2) is 13.1 Å². The molecule has 8 nitrogen and oxygen atoms in total. The molecule has 0 radical (unpaired) electrons. The quantitative estimate of drug-likeness (QED) is 0.764. The molecule has 0 spiro atoms. The number of carbonyl (C=O) groups excluding carboxylic acids is 1. The average Bonchev–Trinajstić information content (AvgIpc) is 3.06. The van der Waals surface area contributed by atoms with Crippen molar-refractivity contribution < 1.29 is 27.4 Å². The first-order valence-electron chi connectivity index (χ1n) is 8.59. The van der Waals surface area contributed by atoms with E-state index in [-0.39, 0.29) is 24.2 Å². The summed E-state index contributed by atoms with van der Waals surface area (Å²) in [6.07, 6.45) is 0. The summed E-state index contributed by atoms with van der Waals surface area (Å²) in [5.41, 5.74) is -0.0200. The largest absolute Gasteiger partial charge is 0.484 e. The van der Waals surface area contributed by atoms with Crippen LogP contribution in [0.2, 0.25) is 0 Å². The van der Waals surface area contributed by atoms with Gasteiger partial charge in [-0.05, 0) is 57.2 Å². The molecule has 0 unspecified atom stereocenters. The minimum Gasteiger partial charge on any atom is -0.484 e. The summed E-state index contributed by atoms with van der Waals surface area (Å²) in [4.78, 5) is 12.2. The highest BCUT2D eigenvalue weighted by Crippen LogP contribution is 2.34. The van der Waals surface area contributed by atoms with Crippen LogP contribution in [-0.4, -0.2) is 33.3 Å². The summed E-state index contributed by atoms with van der Waals surface area (Å²) in [6, 6.07) is 11.0. The first kappa shape index (κ1) is 20.0. The summed E-state index contributed by atoms with van der Waals surface area (Å²) in [5, 5.41) is 2.70. The highest BCUT2D eigenvalue weighted by atomic mass is 32.2. The number of sulfonamides is 1. The number of fused-ring (bicyclic) bond motifs is 1. The molecule has 3 rings (SSSR count). The third kappa shape index (κ3) is 5.14. The van der Waals surface area contributed by atoms with E-state index in [9.17, 15) is 13.2 Å². The lowest BCUT2D eigenvalue weighted by Crippen LogP contribution is -2.40. The highest BCUT2D eigenvalue weighted by Gasteiger charge is 2.22. The number of benzene rings is 2. The van der Waals surface area contributed by atoms with E-state index in [2.05, 4.69) is 10.0 Å². The summed E-state index contributed by atoms with van der Waals surface area (Å²) in [7, 11) is -3.62. The zero-order chi connectivity index (χ0) is 20.4. The molecule has 9 heteroatoms. The van der Waals surface area contributed by atoms with E-state index < -0.39 is 15.6 Å². The number of rotatable bonds is 6. The van der Waals surface area contributed by atoms with Crippen molar-refractivity contribution in [2.45, 2.75) is 31.2 Å². The molecule has 28 heavy (non-hydrogen) atoms. The number of hydrogen-bond acceptors (Lipinski definition) is 6. The second-order valence-electron chi connectivity index (χ2n) is 7.23. The lowest BCUT2D eigenvalue weighted by atomic mass is 10.1. The fourth-order valence-corrected chi connectivity index (χ4v) is 3.92. The molecule has 0 fully saturated rings. The molecule has 150 valence electrons. The number of carbonyl (C=O) groups is 1. The van der Waals surface area contributed by atoms with Gasteiger partial charge in [0.25, 0.3) is 5.91 Å². The van der Waals surface area contributed by atoms with Gasteiger partial charge < -0.3 is 19.5 Å². The van der Waals surface area contributed by atoms with Crippen LogP contribution in [-0.2, 0) is 14.8 Å².